The van der Waals surface area contributed by atoms with Gasteiger partial charge in [0, 0.05) is 25.1 Å². The molecule has 1 amide bonds. The molecule has 0 saturated carbocycles. The molecule has 0 bridgehead atoms. The first kappa shape index (κ1) is 15.0. The average Bonchev–Trinajstić information content (AvgIpc) is 2.47. The smallest absolute Gasteiger partial charge is 0.307 e. The number of aromatic nitrogens is 1. The van der Waals surface area contributed by atoms with E-state index < -0.39 is 0 Å². The van der Waals surface area contributed by atoms with Gasteiger partial charge in [-0.05, 0) is 31.2 Å². The van der Waals surface area contributed by atoms with Crippen molar-refractivity contribution in [3.05, 3.63) is 36.5 Å². The molecule has 0 aliphatic heterocycles. The zero-order valence-corrected chi connectivity index (χ0v) is 12.2. The van der Waals surface area contributed by atoms with Crippen LogP contribution in [0.25, 0.3) is 10.9 Å². The van der Waals surface area contributed by atoms with Crippen LogP contribution < -0.4 is 4.90 Å². The summed E-state index contributed by atoms with van der Waals surface area (Å²) in [6, 6.07) is 9.34. The van der Waals surface area contributed by atoms with Crippen molar-refractivity contribution >= 4 is 28.5 Å². The van der Waals surface area contributed by atoms with E-state index in [-0.39, 0.29) is 18.3 Å². The molecule has 110 valence electrons. The van der Waals surface area contributed by atoms with Crippen LogP contribution in [0.5, 0.6) is 0 Å². The second-order valence-corrected chi connectivity index (χ2v) is 4.57. The number of amides is 1. The number of carbonyl (C=O) groups is 2. The summed E-state index contributed by atoms with van der Waals surface area (Å²) >= 11 is 0. The van der Waals surface area contributed by atoms with Crippen LogP contribution in [0.1, 0.15) is 20.3 Å². The van der Waals surface area contributed by atoms with Crippen LogP contribution in [0.15, 0.2) is 36.5 Å². The van der Waals surface area contributed by atoms with Crippen molar-refractivity contribution in [2.45, 2.75) is 20.3 Å². The van der Waals surface area contributed by atoms with Crippen molar-refractivity contribution in [1.82, 2.24) is 4.98 Å². The van der Waals surface area contributed by atoms with E-state index in [0.717, 1.165) is 16.6 Å². The van der Waals surface area contributed by atoms with Gasteiger partial charge in [-0.25, -0.2) is 0 Å². The Hall–Kier alpha value is -2.43. The highest BCUT2D eigenvalue weighted by molar-refractivity contribution is 6.02. The normalized spacial score (nSPS) is 10.4. The van der Waals surface area contributed by atoms with Gasteiger partial charge in [-0.15, -0.1) is 0 Å². The molecule has 0 aliphatic carbocycles. The fourth-order valence-corrected chi connectivity index (χ4v) is 2.21. The molecule has 0 fully saturated rings. The molecular formula is C16H18N2O3. The maximum atomic E-state index is 11.9. The lowest BCUT2D eigenvalue weighted by Crippen LogP contribution is -2.31. The van der Waals surface area contributed by atoms with E-state index in [1.165, 1.54) is 6.92 Å². The van der Waals surface area contributed by atoms with Gasteiger partial charge < -0.3 is 9.64 Å². The molecule has 0 atom stereocenters. The Morgan fingerprint density at radius 2 is 2.05 bits per heavy atom. The van der Waals surface area contributed by atoms with Crippen LogP contribution in [0.3, 0.4) is 0 Å². The largest absolute Gasteiger partial charge is 0.466 e. The third kappa shape index (κ3) is 3.56. The molecule has 2 aromatic rings. The average molecular weight is 286 g/mol. The van der Waals surface area contributed by atoms with E-state index >= 15 is 0 Å². The van der Waals surface area contributed by atoms with Gasteiger partial charge in [0.05, 0.1) is 24.2 Å². The summed E-state index contributed by atoms with van der Waals surface area (Å²) in [5.41, 5.74) is 1.58. The summed E-state index contributed by atoms with van der Waals surface area (Å²) in [6.07, 6.45) is 1.88. The molecule has 5 heteroatoms. The third-order valence-corrected chi connectivity index (χ3v) is 3.14. The predicted octanol–water partition coefficient (Wildman–Crippen LogP) is 2.54. The highest BCUT2D eigenvalue weighted by Crippen LogP contribution is 2.25. The molecule has 0 unspecified atom stereocenters. The maximum Gasteiger partial charge on any atom is 0.307 e. The predicted molar refractivity (Wildman–Crippen MR) is 81.0 cm³/mol. The fraction of sp³-hybridized carbons (Fsp3) is 0.312. The van der Waals surface area contributed by atoms with Crippen molar-refractivity contribution in [1.29, 1.82) is 0 Å². The number of anilines is 1. The summed E-state index contributed by atoms with van der Waals surface area (Å²) in [5.74, 6) is -0.419. The quantitative estimate of drug-likeness (QED) is 0.792. The number of nitrogens with zero attached hydrogens (tertiary/aromatic N) is 2. The minimum atomic E-state index is -0.304. The van der Waals surface area contributed by atoms with Crippen LogP contribution >= 0.6 is 0 Å². The minimum Gasteiger partial charge on any atom is -0.466 e. The van der Waals surface area contributed by atoms with Gasteiger partial charge in [-0.2, -0.15) is 0 Å². The highest BCUT2D eigenvalue weighted by atomic mass is 16.5. The Morgan fingerprint density at radius 1 is 1.24 bits per heavy atom. The second-order valence-electron chi connectivity index (χ2n) is 4.57. The van der Waals surface area contributed by atoms with Crippen LogP contribution in [0.4, 0.5) is 5.69 Å². The first-order valence-corrected chi connectivity index (χ1v) is 6.91. The van der Waals surface area contributed by atoms with E-state index in [2.05, 4.69) is 4.98 Å². The topological polar surface area (TPSA) is 59.5 Å². The van der Waals surface area contributed by atoms with Gasteiger partial charge in [-0.1, -0.05) is 6.07 Å². The number of carbonyl (C=O) groups excluding carboxylic acids is 2. The Morgan fingerprint density at radius 3 is 2.76 bits per heavy atom. The van der Waals surface area contributed by atoms with Crippen LogP contribution in [0, 0.1) is 0 Å². The Labute approximate surface area is 123 Å². The first-order chi connectivity index (χ1) is 10.1. The molecule has 1 heterocycles. The summed E-state index contributed by atoms with van der Waals surface area (Å²) in [6.45, 7) is 3.89. The van der Waals surface area contributed by atoms with E-state index in [0.29, 0.717) is 13.2 Å². The zero-order valence-electron chi connectivity index (χ0n) is 12.2. The van der Waals surface area contributed by atoms with E-state index in [1.54, 1.807) is 18.0 Å². The Kier molecular flexibility index (Phi) is 4.87. The molecule has 1 aromatic carbocycles. The van der Waals surface area contributed by atoms with Crippen molar-refractivity contribution in [3.63, 3.8) is 0 Å². The number of fused-ring (bicyclic) bond motifs is 1. The molecule has 0 spiro atoms. The number of hydrogen-bond acceptors (Lipinski definition) is 4. The molecule has 0 aliphatic rings. The van der Waals surface area contributed by atoms with Gasteiger partial charge in [0.1, 0.15) is 0 Å². The molecule has 0 saturated heterocycles. The molecule has 1 aromatic heterocycles. The molecule has 5 nitrogen and oxygen atoms in total. The number of esters is 1. The van der Waals surface area contributed by atoms with Crippen LogP contribution in [-0.4, -0.2) is 30.0 Å². The maximum absolute atomic E-state index is 11.9. The summed E-state index contributed by atoms with van der Waals surface area (Å²) in [5, 5.41) is 0.888. The number of ether oxygens (including phenoxy) is 1. The molecule has 2 rings (SSSR count). The van der Waals surface area contributed by atoms with E-state index in [9.17, 15) is 9.59 Å². The van der Waals surface area contributed by atoms with Crippen molar-refractivity contribution in [2.75, 3.05) is 18.1 Å². The number of rotatable bonds is 5. The number of hydrogen-bond donors (Lipinski definition) is 0. The monoisotopic (exact) mass is 286 g/mol. The zero-order chi connectivity index (χ0) is 15.2. The lowest BCUT2D eigenvalue weighted by atomic mass is 10.1. The summed E-state index contributed by atoms with van der Waals surface area (Å²) in [4.78, 5) is 29.3. The Balaban J connectivity index is 2.28. The Bertz CT molecular complexity index is 650. The van der Waals surface area contributed by atoms with Gasteiger partial charge in [0.2, 0.25) is 5.91 Å². The molecule has 0 N–H and O–H groups in total. The number of pyridine rings is 1. The molecule has 21 heavy (non-hydrogen) atoms. The highest BCUT2D eigenvalue weighted by Gasteiger charge is 2.16. The minimum absolute atomic E-state index is 0.115. The molecular weight excluding hydrogens is 268 g/mol. The fourth-order valence-electron chi connectivity index (χ4n) is 2.21. The molecule has 0 radical (unpaired) electrons. The lowest BCUT2D eigenvalue weighted by Gasteiger charge is -2.22. The van der Waals surface area contributed by atoms with Gasteiger partial charge in [-0.3, -0.25) is 14.6 Å². The van der Waals surface area contributed by atoms with Gasteiger partial charge >= 0.3 is 5.97 Å². The third-order valence-electron chi connectivity index (χ3n) is 3.14. The van der Waals surface area contributed by atoms with Crippen molar-refractivity contribution in [2.24, 2.45) is 0 Å². The standard InChI is InChI=1S/C16H18N2O3/c1-3-21-16(20)9-11-18(12(2)19)15-8-4-7-14-13(15)6-5-10-17-14/h4-8,10H,3,9,11H2,1-2H3. The van der Waals surface area contributed by atoms with Crippen molar-refractivity contribution < 1.29 is 14.3 Å². The van der Waals surface area contributed by atoms with Crippen molar-refractivity contribution in [3.8, 4) is 0 Å². The number of benzene rings is 1. The first-order valence-electron chi connectivity index (χ1n) is 6.91. The van der Waals surface area contributed by atoms with E-state index in [1.807, 2.05) is 30.3 Å². The van der Waals surface area contributed by atoms with Crippen LogP contribution in [-0.2, 0) is 14.3 Å². The summed E-state index contributed by atoms with van der Waals surface area (Å²) in [7, 11) is 0. The van der Waals surface area contributed by atoms with Gasteiger partial charge in [0.15, 0.2) is 0 Å². The van der Waals surface area contributed by atoms with Gasteiger partial charge in [0.25, 0.3) is 0 Å². The lowest BCUT2D eigenvalue weighted by molar-refractivity contribution is -0.142. The van der Waals surface area contributed by atoms with E-state index in [4.69, 9.17) is 4.74 Å². The van der Waals surface area contributed by atoms with Crippen LogP contribution in [0.2, 0.25) is 0 Å². The second kappa shape index (κ2) is 6.83. The summed E-state index contributed by atoms with van der Waals surface area (Å²) < 4.78 is 4.91. The SMILES string of the molecule is CCOC(=O)CCN(C(C)=O)c1cccc2ncccc12.